The molecule has 0 bridgehead atoms. The topological polar surface area (TPSA) is 63.8 Å². The fourth-order valence-corrected chi connectivity index (χ4v) is 2.21. The predicted octanol–water partition coefficient (Wildman–Crippen LogP) is 2.94. The zero-order chi connectivity index (χ0) is 13.8. The molecule has 98 valence electrons. The van der Waals surface area contributed by atoms with E-state index in [4.69, 9.17) is 29.6 Å². The van der Waals surface area contributed by atoms with Crippen molar-refractivity contribution in [3.63, 3.8) is 0 Å². The van der Waals surface area contributed by atoms with E-state index in [-0.39, 0.29) is 11.0 Å². The summed E-state index contributed by atoms with van der Waals surface area (Å²) in [6, 6.07) is 9.33. The van der Waals surface area contributed by atoms with Crippen LogP contribution in [0, 0.1) is 0 Å². The molecule has 0 fully saturated rings. The maximum atomic E-state index is 6.16. The molecule has 1 aromatic carbocycles. The van der Waals surface area contributed by atoms with Crippen molar-refractivity contribution in [1.29, 1.82) is 0 Å². The molecule has 2 rings (SSSR count). The molecule has 6 heteroatoms. The summed E-state index contributed by atoms with van der Waals surface area (Å²) in [7, 11) is 0. The molecular weight excluding hydrogens is 280 g/mol. The van der Waals surface area contributed by atoms with Crippen LogP contribution in [0.2, 0.25) is 5.02 Å². The number of hydrogen-bond acceptors (Lipinski definition) is 4. The Morgan fingerprint density at radius 2 is 2.11 bits per heavy atom. The van der Waals surface area contributed by atoms with Crippen LogP contribution >= 0.6 is 23.8 Å². The van der Waals surface area contributed by atoms with Crippen LogP contribution in [-0.4, -0.2) is 15.2 Å². The van der Waals surface area contributed by atoms with Crippen molar-refractivity contribution in [2.24, 2.45) is 5.73 Å². The Kier molecular flexibility index (Phi) is 4.29. The summed E-state index contributed by atoms with van der Waals surface area (Å²) in [5.41, 5.74) is 7.30. The van der Waals surface area contributed by atoms with Gasteiger partial charge in [-0.3, -0.25) is 0 Å². The lowest BCUT2D eigenvalue weighted by Gasteiger charge is -2.17. The molecule has 0 radical (unpaired) electrons. The molecule has 19 heavy (non-hydrogen) atoms. The van der Waals surface area contributed by atoms with Crippen LogP contribution in [0.1, 0.15) is 24.1 Å². The second-order valence-corrected chi connectivity index (χ2v) is 4.89. The lowest BCUT2D eigenvalue weighted by Crippen LogP contribution is -2.17. The highest BCUT2D eigenvalue weighted by molar-refractivity contribution is 7.80. The van der Waals surface area contributed by atoms with Crippen molar-refractivity contribution in [1.82, 2.24) is 10.2 Å². The number of aromatic nitrogens is 2. The number of thiocarbonyl (C=S) groups is 1. The van der Waals surface area contributed by atoms with Gasteiger partial charge in [-0.15, -0.1) is 5.10 Å². The van der Waals surface area contributed by atoms with Gasteiger partial charge in [-0.05, 0) is 24.6 Å². The van der Waals surface area contributed by atoms with Crippen LogP contribution < -0.4 is 11.1 Å². The summed E-state index contributed by atoms with van der Waals surface area (Å²) in [4.78, 5) is 0.281. The summed E-state index contributed by atoms with van der Waals surface area (Å²) in [5, 5.41) is 11.8. The lowest BCUT2D eigenvalue weighted by atomic mass is 10.1. The SMILES string of the molecule is CC(Nc1nnccc1C(N)=S)c1ccccc1Cl. The highest BCUT2D eigenvalue weighted by Crippen LogP contribution is 2.25. The van der Waals surface area contributed by atoms with Gasteiger partial charge >= 0.3 is 0 Å². The van der Waals surface area contributed by atoms with Crippen molar-refractivity contribution in [2.75, 3.05) is 5.32 Å². The molecule has 0 amide bonds. The Bertz CT molecular complexity index is 603. The van der Waals surface area contributed by atoms with Gasteiger partial charge in [0.05, 0.1) is 17.8 Å². The average molecular weight is 293 g/mol. The molecule has 1 aromatic heterocycles. The summed E-state index contributed by atoms with van der Waals surface area (Å²) < 4.78 is 0. The smallest absolute Gasteiger partial charge is 0.159 e. The van der Waals surface area contributed by atoms with E-state index < -0.39 is 0 Å². The quantitative estimate of drug-likeness (QED) is 0.848. The number of hydrogen-bond donors (Lipinski definition) is 2. The molecule has 3 N–H and O–H groups in total. The fourth-order valence-electron chi connectivity index (χ4n) is 1.75. The molecule has 1 heterocycles. The minimum Gasteiger partial charge on any atom is -0.389 e. The fraction of sp³-hybridized carbons (Fsp3) is 0.154. The first-order valence-electron chi connectivity index (χ1n) is 5.72. The number of benzene rings is 1. The Labute approximate surface area is 122 Å². The Hall–Kier alpha value is -1.72. The third kappa shape index (κ3) is 3.19. The first-order chi connectivity index (χ1) is 9.09. The van der Waals surface area contributed by atoms with Crippen LogP contribution in [0.3, 0.4) is 0 Å². The normalized spacial score (nSPS) is 11.9. The van der Waals surface area contributed by atoms with Gasteiger partial charge in [0.1, 0.15) is 4.99 Å². The average Bonchev–Trinajstić information content (AvgIpc) is 2.39. The predicted molar refractivity (Wildman–Crippen MR) is 81.4 cm³/mol. The first kappa shape index (κ1) is 13.7. The van der Waals surface area contributed by atoms with E-state index in [1.165, 1.54) is 0 Å². The molecule has 0 aliphatic carbocycles. The van der Waals surface area contributed by atoms with E-state index >= 15 is 0 Å². The highest BCUT2D eigenvalue weighted by Gasteiger charge is 2.13. The van der Waals surface area contributed by atoms with Crippen molar-refractivity contribution < 1.29 is 0 Å². The summed E-state index contributed by atoms with van der Waals surface area (Å²) in [6.45, 7) is 1.99. The molecule has 0 spiro atoms. The molecule has 4 nitrogen and oxygen atoms in total. The highest BCUT2D eigenvalue weighted by atomic mass is 35.5. The largest absolute Gasteiger partial charge is 0.389 e. The van der Waals surface area contributed by atoms with Gasteiger partial charge in [0, 0.05) is 5.02 Å². The van der Waals surface area contributed by atoms with Crippen molar-refractivity contribution >= 4 is 34.6 Å². The maximum absolute atomic E-state index is 6.16. The Morgan fingerprint density at radius 3 is 2.79 bits per heavy atom. The van der Waals surface area contributed by atoms with Crippen LogP contribution in [0.15, 0.2) is 36.5 Å². The van der Waals surface area contributed by atoms with Crippen LogP contribution in [0.5, 0.6) is 0 Å². The molecule has 1 atom stereocenters. The summed E-state index contributed by atoms with van der Waals surface area (Å²) >= 11 is 11.1. The van der Waals surface area contributed by atoms with E-state index in [0.717, 1.165) is 5.56 Å². The summed E-state index contributed by atoms with van der Waals surface area (Å²) in [5.74, 6) is 0.558. The second kappa shape index (κ2) is 5.95. The zero-order valence-electron chi connectivity index (χ0n) is 10.3. The second-order valence-electron chi connectivity index (χ2n) is 4.05. The van der Waals surface area contributed by atoms with E-state index in [0.29, 0.717) is 16.4 Å². The van der Waals surface area contributed by atoms with Crippen LogP contribution in [0.25, 0.3) is 0 Å². The number of nitrogens with zero attached hydrogens (tertiary/aromatic N) is 2. The minimum absolute atomic E-state index is 0.0292. The van der Waals surface area contributed by atoms with E-state index in [1.54, 1.807) is 12.3 Å². The van der Waals surface area contributed by atoms with Crippen molar-refractivity contribution in [3.05, 3.63) is 52.7 Å². The van der Waals surface area contributed by atoms with Gasteiger partial charge in [0.25, 0.3) is 0 Å². The minimum atomic E-state index is -0.0292. The number of rotatable bonds is 4. The van der Waals surface area contributed by atoms with E-state index in [9.17, 15) is 0 Å². The van der Waals surface area contributed by atoms with Crippen molar-refractivity contribution in [3.8, 4) is 0 Å². The molecular formula is C13H13ClN4S. The standard InChI is InChI=1S/C13H13ClN4S/c1-8(9-4-2-3-5-11(9)14)17-13-10(12(15)19)6-7-16-18-13/h2-8H,1H3,(H2,15,19)(H,17,18). The maximum Gasteiger partial charge on any atom is 0.159 e. The number of halogens is 1. The molecule has 0 aliphatic rings. The summed E-state index contributed by atoms with van der Waals surface area (Å²) in [6.07, 6.45) is 1.56. The third-order valence-corrected chi connectivity index (χ3v) is 3.28. The van der Waals surface area contributed by atoms with Gasteiger partial charge in [-0.2, -0.15) is 5.10 Å². The molecule has 1 unspecified atom stereocenters. The number of nitrogens with two attached hydrogens (primary N) is 1. The Morgan fingerprint density at radius 1 is 1.37 bits per heavy atom. The Balaban J connectivity index is 2.27. The monoisotopic (exact) mass is 292 g/mol. The first-order valence-corrected chi connectivity index (χ1v) is 6.50. The molecule has 0 aliphatic heterocycles. The van der Waals surface area contributed by atoms with Gasteiger partial charge in [0.15, 0.2) is 5.82 Å². The van der Waals surface area contributed by atoms with E-state index in [2.05, 4.69) is 15.5 Å². The lowest BCUT2D eigenvalue weighted by molar-refractivity contribution is 0.860. The molecule has 0 saturated heterocycles. The van der Waals surface area contributed by atoms with E-state index in [1.807, 2.05) is 31.2 Å². The molecule has 2 aromatic rings. The van der Waals surface area contributed by atoms with Gasteiger partial charge in [-0.25, -0.2) is 0 Å². The third-order valence-electron chi connectivity index (χ3n) is 2.71. The van der Waals surface area contributed by atoms with Crippen LogP contribution in [0.4, 0.5) is 5.82 Å². The van der Waals surface area contributed by atoms with Crippen molar-refractivity contribution in [2.45, 2.75) is 13.0 Å². The van der Waals surface area contributed by atoms with Crippen LogP contribution in [-0.2, 0) is 0 Å². The van der Waals surface area contributed by atoms with Gasteiger partial charge in [-0.1, -0.05) is 42.0 Å². The van der Waals surface area contributed by atoms with Gasteiger partial charge in [0.2, 0.25) is 0 Å². The van der Waals surface area contributed by atoms with Gasteiger partial charge < -0.3 is 11.1 Å². The molecule has 0 saturated carbocycles. The zero-order valence-corrected chi connectivity index (χ0v) is 11.9. The number of anilines is 1. The number of nitrogens with one attached hydrogen (secondary N) is 1.